The topological polar surface area (TPSA) is 69.4 Å². The standard InChI is InChI=1S/C12H13NO3/c13-12(15)8-2-1-3-10(6-8)16-11-5-4-9(14)7-11/h1-3,6,11H,4-5,7H2,(H2,13,15). The average molecular weight is 219 g/mol. The molecular formula is C12H13NO3. The predicted octanol–water partition coefficient (Wildman–Crippen LogP) is 1.29. The summed E-state index contributed by atoms with van der Waals surface area (Å²) < 4.78 is 5.61. The number of ketones is 1. The van der Waals surface area contributed by atoms with Crippen molar-refractivity contribution in [1.29, 1.82) is 0 Å². The number of rotatable bonds is 3. The maximum atomic E-state index is 11.1. The van der Waals surface area contributed by atoms with Gasteiger partial charge in [0.1, 0.15) is 17.6 Å². The second-order valence-electron chi connectivity index (χ2n) is 3.91. The molecule has 1 unspecified atom stereocenters. The van der Waals surface area contributed by atoms with Gasteiger partial charge in [-0.05, 0) is 24.6 Å². The number of ether oxygens (including phenoxy) is 1. The van der Waals surface area contributed by atoms with Gasteiger partial charge in [-0.15, -0.1) is 0 Å². The Hall–Kier alpha value is -1.84. The third-order valence-corrected chi connectivity index (χ3v) is 2.62. The molecule has 0 spiro atoms. The first-order valence-corrected chi connectivity index (χ1v) is 5.23. The van der Waals surface area contributed by atoms with Crippen LogP contribution in [0.3, 0.4) is 0 Å². The van der Waals surface area contributed by atoms with Crippen LogP contribution in [0.5, 0.6) is 5.75 Å². The Kier molecular flexibility index (Phi) is 2.90. The number of carbonyl (C=O) groups excluding carboxylic acids is 2. The van der Waals surface area contributed by atoms with Gasteiger partial charge in [0.05, 0.1) is 0 Å². The Labute approximate surface area is 93.4 Å². The zero-order chi connectivity index (χ0) is 11.5. The number of amides is 1. The summed E-state index contributed by atoms with van der Waals surface area (Å²) in [4.78, 5) is 22.0. The van der Waals surface area contributed by atoms with E-state index in [1.807, 2.05) is 0 Å². The molecule has 1 fully saturated rings. The maximum absolute atomic E-state index is 11.1. The highest BCUT2D eigenvalue weighted by atomic mass is 16.5. The van der Waals surface area contributed by atoms with Crippen molar-refractivity contribution >= 4 is 11.7 Å². The second kappa shape index (κ2) is 4.35. The van der Waals surface area contributed by atoms with Gasteiger partial charge >= 0.3 is 0 Å². The molecule has 1 aromatic rings. The summed E-state index contributed by atoms with van der Waals surface area (Å²) >= 11 is 0. The van der Waals surface area contributed by atoms with Crippen LogP contribution in [-0.4, -0.2) is 17.8 Å². The molecule has 0 aromatic heterocycles. The quantitative estimate of drug-likeness (QED) is 0.832. The lowest BCUT2D eigenvalue weighted by Crippen LogP contribution is -2.14. The SMILES string of the molecule is NC(=O)c1cccc(OC2CCC(=O)C2)c1. The highest BCUT2D eigenvalue weighted by molar-refractivity contribution is 5.93. The Morgan fingerprint density at radius 1 is 1.44 bits per heavy atom. The lowest BCUT2D eigenvalue weighted by molar-refractivity contribution is -0.117. The van der Waals surface area contributed by atoms with Gasteiger partial charge in [-0.1, -0.05) is 6.07 Å². The van der Waals surface area contributed by atoms with Crippen molar-refractivity contribution in [2.24, 2.45) is 5.73 Å². The van der Waals surface area contributed by atoms with E-state index in [9.17, 15) is 9.59 Å². The minimum atomic E-state index is -0.479. The Morgan fingerprint density at radius 2 is 2.25 bits per heavy atom. The smallest absolute Gasteiger partial charge is 0.248 e. The van der Waals surface area contributed by atoms with Crippen LogP contribution in [0.25, 0.3) is 0 Å². The molecule has 2 rings (SSSR count). The number of primary amides is 1. The van der Waals surface area contributed by atoms with Gasteiger partial charge in [-0.2, -0.15) is 0 Å². The molecule has 1 atom stereocenters. The van der Waals surface area contributed by atoms with Gasteiger partial charge in [-0.25, -0.2) is 0 Å². The Morgan fingerprint density at radius 3 is 2.88 bits per heavy atom. The van der Waals surface area contributed by atoms with Crippen molar-refractivity contribution in [2.45, 2.75) is 25.4 Å². The Balaban J connectivity index is 2.07. The fourth-order valence-corrected chi connectivity index (χ4v) is 1.80. The number of hydrogen-bond acceptors (Lipinski definition) is 3. The highest BCUT2D eigenvalue weighted by Gasteiger charge is 2.23. The fourth-order valence-electron chi connectivity index (χ4n) is 1.80. The van der Waals surface area contributed by atoms with Crippen molar-refractivity contribution in [3.63, 3.8) is 0 Å². The van der Waals surface area contributed by atoms with Crippen molar-refractivity contribution in [3.8, 4) is 5.75 Å². The van der Waals surface area contributed by atoms with E-state index in [0.29, 0.717) is 24.2 Å². The van der Waals surface area contributed by atoms with Gasteiger partial charge in [-0.3, -0.25) is 9.59 Å². The normalized spacial score (nSPS) is 19.8. The van der Waals surface area contributed by atoms with E-state index in [2.05, 4.69) is 0 Å². The molecule has 0 radical (unpaired) electrons. The van der Waals surface area contributed by atoms with Crippen molar-refractivity contribution in [1.82, 2.24) is 0 Å². The first kappa shape index (κ1) is 10.7. The molecule has 1 aromatic carbocycles. The lowest BCUT2D eigenvalue weighted by Gasteiger charge is -2.12. The number of Topliss-reactive ketones (excluding diaryl/α,β-unsaturated/α-hetero) is 1. The zero-order valence-electron chi connectivity index (χ0n) is 8.81. The Bertz CT molecular complexity index is 428. The molecule has 0 aliphatic heterocycles. The van der Waals surface area contributed by atoms with Gasteiger partial charge in [0, 0.05) is 18.4 Å². The van der Waals surface area contributed by atoms with Crippen molar-refractivity contribution < 1.29 is 14.3 Å². The van der Waals surface area contributed by atoms with E-state index >= 15 is 0 Å². The first-order valence-electron chi connectivity index (χ1n) is 5.23. The molecule has 1 saturated carbocycles. The van der Waals surface area contributed by atoms with E-state index in [1.54, 1.807) is 24.3 Å². The molecule has 4 nitrogen and oxygen atoms in total. The molecule has 84 valence electrons. The van der Waals surface area contributed by atoms with E-state index in [4.69, 9.17) is 10.5 Å². The van der Waals surface area contributed by atoms with Crippen LogP contribution in [0.15, 0.2) is 24.3 Å². The van der Waals surface area contributed by atoms with Gasteiger partial charge in [0.15, 0.2) is 0 Å². The van der Waals surface area contributed by atoms with Crippen molar-refractivity contribution in [2.75, 3.05) is 0 Å². The molecule has 0 bridgehead atoms. The molecule has 0 heterocycles. The summed E-state index contributed by atoms with van der Waals surface area (Å²) in [5.41, 5.74) is 5.58. The number of carbonyl (C=O) groups is 2. The molecule has 1 amide bonds. The van der Waals surface area contributed by atoms with E-state index in [-0.39, 0.29) is 11.9 Å². The zero-order valence-corrected chi connectivity index (χ0v) is 8.81. The predicted molar refractivity (Wildman–Crippen MR) is 58.2 cm³/mol. The van der Waals surface area contributed by atoms with Gasteiger partial charge < -0.3 is 10.5 Å². The monoisotopic (exact) mass is 219 g/mol. The summed E-state index contributed by atoms with van der Waals surface area (Å²) in [5, 5.41) is 0. The average Bonchev–Trinajstić information content (AvgIpc) is 2.64. The number of benzene rings is 1. The van der Waals surface area contributed by atoms with Crippen LogP contribution in [0.4, 0.5) is 0 Å². The van der Waals surface area contributed by atoms with Crippen LogP contribution >= 0.6 is 0 Å². The van der Waals surface area contributed by atoms with Gasteiger partial charge in [0.25, 0.3) is 0 Å². The third kappa shape index (κ3) is 2.39. The molecule has 1 aliphatic carbocycles. The van der Waals surface area contributed by atoms with Crippen LogP contribution in [0, 0.1) is 0 Å². The second-order valence-corrected chi connectivity index (χ2v) is 3.91. The number of hydrogen-bond donors (Lipinski definition) is 1. The maximum Gasteiger partial charge on any atom is 0.248 e. The summed E-state index contributed by atoms with van der Waals surface area (Å²) in [6.07, 6.45) is 1.73. The van der Waals surface area contributed by atoms with Crippen molar-refractivity contribution in [3.05, 3.63) is 29.8 Å². The number of nitrogens with two attached hydrogens (primary N) is 1. The van der Waals surface area contributed by atoms with Crippen LogP contribution in [-0.2, 0) is 4.79 Å². The summed E-state index contributed by atoms with van der Waals surface area (Å²) in [6, 6.07) is 6.71. The summed E-state index contributed by atoms with van der Waals surface area (Å²) in [5.74, 6) is 0.347. The molecule has 4 heteroatoms. The highest BCUT2D eigenvalue weighted by Crippen LogP contribution is 2.22. The fraction of sp³-hybridized carbons (Fsp3) is 0.333. The molecular weight excluding hydrogens is 206 g/mol. The first-order chi connectivity index (χ1) is 7.65. The summed E-state index contributed by atoms with van der Waals surface area (Å²) in [6.45, 7) is 0. The summed E-state index contributed by atoms with van der Waals surface area (Å²) in [7, 11) is 0. The molecule has 2 N–H and O–H groups in total. The third-order valence-electron chi connectivity index (χ3n) is 2.62. The molecule has 1 aliphatic rings. The van der Waals surface area contributed by atoms with E-state index in [0.717, 1.165) is 6.42 Å². The van der Waals surface area contributed by atoms with Crippen LogP contribution in [0.2, 0.25) is 0 Å². The van der Waals surface area contributed by atoms with Crippen LogP contribution in [0.1, 0.15) is 29.6 Å². The minimum Gasteiger partial charge on any atom is -0.490 e. The largest absolute Gasteiger partial charge is 0.490 e. The van der Waals surface area contributed by atoms with E-state index < -0.39 is 5.91 Å². The van der Waals surface area contributed by atoms with E-state index in [1.165, 1.54) is 0 Å². The minimum absolute atomic E-state index is 0.0596. The van der Waals surface area contributed by atoms with Crippen LogP contribution < -0.4 is 10.5 Å². The molecule has 16 heavy (non-hydrogen) atoms. The lowest BCUT2D eigenvalue weighted by atomic mass is 10.2. The molecule has 0 saturated heterocycles. The van der Waals surface area contributed by atoms with Gasteiger partial charge in [0.2, 0.25) is 5.91 Å².